The predicted molar refractivity (Wildman–Crippen MR) is 52.4 cm³/mol. The molecule has 0 saturated carbocycles. The van der Waals surface area contributed by atoms with Crippen molar-refractivity contribution in [1.82, 2.24) is 0 Å². The average Bonchev–Trinajstić information content (AvgIpc) is 2.24. The summed E-state index contributed by atoms with van der Waals surface area (Å²) >= 11 is 0. The molecule has 1 aliphatic heterocycles. The lowest BCUT2D eigenvalue weighted by Gasteiger charge is -2.16. The van der Waals surface area contributed by atoms with Gasteiger partial charge in [0.05, 0.1) is 5.70 Å². The van der Waals surface area contributed by atoms with Crippen LogP contribution in [0.4, 0.5) is 10.1 Å². The van der Waals surface area contributed by atoms with Gasteiger partial charge in [0.15, 0.2) is 5.67 Å². The molecule has 0 spiro atoms. The largest absolute Gasteiger partial charge is 0.356 e. The van der Waals surface area contributed by atoms with Crippen molar-refractivity contribution in [3.05, 3.63) is 41.6 Å². The average molecular weight is 177 g/mol. The standard InChI is InChI=1S/C11H12FN/c1-7-5-4-6-9-10(7)11(3,12)8(2)13-9/h4-6,13H,2H2,1,3H3. The Morgan fingerprint density at radius 2 is 2.15 bits per heavy atom. The molecule has 2 rings (SSSR count). The van der Waals surface area contributed by atoms with Crippen LogP contribution in [-0.2, 0) is 5.67 Å². The third-order valence-corrected chi connectivity index (χ3v) is 2.59. The normalized spacial score (nSPS) is 25.6. The second kappa shape index (κ2) is 2.34. The second-order valence-corrected chi connectivity index (χ2v) is 3.60. The van der Waals surface area contributed by atoms with Crippen molar-refractivity contribution < 1.29 is 4.39 Å². The Kier molecular flexibility index (Phi) is 1.50. The van der Waals surface area contributed by atoms with Crippen molar-refractivity contribution in [3.8, 4) is 0 Å². The van der Waals surface area contributed by atoms with E-state index < -0.39 is 5.67 Å². The Bertz CT molecular complexity index is 380. The molecule has 1 nitrogen and oxygen atoms in total. The quantitative estimate of drug-likeness (QED) is 0.642. The highest BCUT2D eigenvalue weighted by Gasteiger charge is 2.39. The molecule has 1 aromatic rings. The molecule has 1 unspecified atom stereocenters. The number of hydrogen-bond acceptors (Lipinski definition) is 1. The first-order valence-corrected chi connectivity index (χ1v) is 4.29. The van der Waals surface area contributed by atoms with Gasteiger partial charge in [-0.2, -0.15) is 0 Å². The molecule has 1 atom stereocenters. The summed E-state index contributed by atoms with van der Waals surface area (Å²) in [5.41, 5.74) is 1.53. The molecule has 1 aromatic carbocycles. The fourth-order valence-corrected chi connectivity index (χ4v) is 1.83. The summed E-state index contributed by atoms with van der Waals surface area (Å²) in [5, 5.41) is 2.96. The molecule has 1 aliphatic rings. The summed E-state index contributed by atoms with van der Waals surface area (Å²) in [6, 6.07) is 5.70. The molecule has 2 heteroatoms. The minimum Gasteiger partial charge on any atom is -0.356 e. The van der Waals surface area contributed by atoms with Crippen molar-refractivity contribution in [2.75, 3.05) is 5.32 Å². The van der Waals surface area contributed by atoms with Gasteiger partial charge >= 0.3 is 0 Å². The van der Waals surface area contributed by atoms with E-state index in [1.165, 1.54) is 0 Å². The van der Waals surface area contributed by atoms with Crippen LogP contribution in [-0.4, -0.2) is 0 Å². The first-order valence-electron chi connectivity index (χ1n) is 4.29. The molecular formula is C11H12FN. The minimum absolute atomic E-state index is 0.428. The topological polar surface area (TPSA) is 12.0 Å². The maximum absolute atomic E-state index is 14.1. The van der Waals surface area contributed by atoms with Crippen LogP contribution in [0.5, 0.6) is 0 Å². The van der Waals surface area contributed by atoms with Gasteiger partial charge in [-0.25, -0.2) is 4.39 Å². The SMILES string of the molecule is C=C1Nc2cccc(C)c2C1(C)F. The fraction of sp³-hybridized carbons (Fsp3) is 0.273. The number of benzene rings is 1. The molecule has 0 aliphatic carbocycles. The number of allylic oxidation sites excluding steroid dienone is 1. The third kappa shape index (κ3) is 0.981. The van der Waals surface area contributed by atoms with Gasteiger partial charge in [0.25, 0.3) is 0 Å². The first-order chi connectivity index (χ1) is 6.03. The van der Waals surface area contributed by atoms with Crippen molar-refractivity contribution in [2.45, 2.75) is 19.5 Å². The fourth-order valence-electron chi connectivity index (χ4n) is 1.83. The van der Waals surface area contributed by atoms with Crippen LogP contribution in [0.1, 0.15) is 18.1 Å². The van der Waals surface area contributed by atoms with Gasteiger partial charge in [-0.1, -0.05) is 18.7 Å². The van der Waals surface area contributed by atoms with Crippen LogP contribution in [0.2, 0.25) is 0 Å². The van der Waals surface area contributed by atoms with E-state index in [1.807, 2.05) is 25.1 Å². The molecule has 0 fully saturated rings. The zero-order valence-corrected chi connectivity index (χ0v) is 7.82. The van der Waals surface area contributed by atoms with Crippen molar-refractivity contribution in [1.29, 1.82) is 0 Å². The van der Waals surface area contributed by atoms with E-state index in [4.69, 9.17) is 0 Å². The van der Waals surface area contributed by atoms with Gasteiger partial charge in [-0.15, -0.1) is 0 Å². The van der Waals surface area contributed by atoms with Crippen LogP contribution >= 0.6 is 0 Å². The summed E-state index contributed by atoms with van der Waals surface area (Å²) in [5.74, 6) is 0. The minimum atomic E-state index is -1.43. The van der Waals surface area contributed by atoms with Gasteiger partial charge < -0.3 is 5.32 Å². The number of fused-ring (bicyclic) bond motifs is 1. The van der Waals surface area contributed by atoms with Gasteiger partial charge in [0, 0.05) is 11.3 Å². The summed E-state index contributed by atoms with van der Waals surface area (Å²) in [4.78, 5) is 0. The van der Waals surface area contributed by atoms with E-state index in [1.54, 1.807) is 6.92 Å². The molecule has 0 aromatic heterocycles. The van der Waals surface area contributed by atoms with Gasteiger partial charge in [-0.3, -0.25) is 0 Å². The van der Waals surface area contributed by atoms with Crippen LogP contribution in [0.15, 0.2) is 30.5 Å². The number of nitrogens with one attached hydrogen (secondary N) is 1. The van der Waals surface area contributed by atoms with E-state index in [-0.39, 0.29) is 0 Å². The Balaban J connectivity index is 2.70. The Morgan fingerprint density at radius 3 is 2.77 bits per heavy atom. The van der Waals surface area contributed by atoms with Crippen molar-refractivity contribution >= 4 is 5.69 Å². The number of rotatable bonds is 0. The molecule has 1 heterocycles. The van der Waals surface area contributed by atoms with Crippen LogP contribution in [0, 0.1) is 6.92 Å². The molecule has 1 N–H and O–H groups in total. The highest BCUT2D eigenvalue weighted by Crippen LogP contribution is 2.45. The first kappa shape index (κ1) is 8.30. The lowest BCUT2D eigenvalue weighted by Crippen LogP contribution is -2.15. The van der Waals surface area contributed by atoms with Gasteiger partial charge in [0.1, 0.15) is 0 Å². The summed E-state index contributed by atoms with van der Waals surface area (Å²) < 4.78 is 14.1. The van der Waals surface area contributed by atoms with Crippen LogP contribution in [0.25, 0.3) is 0 Å². The predicted octanol–water partition coefficient (Wildman–Crippen LogP) is 3.12. The Hall–Kier alpha value is -1.31. The molecule has 0 bridgehead atoms. The molecular weight excluding hydrogens is 165 g/mol. The monoisotopic (exact) mass is 177 g/mol. The van der Waals surface area contributed by atoms with Gasteiger partial charge in [-0.05, 0) is 25.5 Å². The summed E-state index contributed by atoms with van der Waals surface area (Å²) in [6.45, 7) is 7.13. The molecule has 0 saturated heterocycles. The number of hydrogen-bond donors (Lipinski definition) is 1. The van der Waals surface area contributed by atoms with Gasteiger partial charge in [0.2, 0.25) is 0 Å². The van der Waals surface area contributed by atoms with E-state index in [0.717, 1.165) is 16.8 Å². The maximum atomic E-state index is 14.1. The third-order valence-electron chi connectivity index (χ3n) is 2.59. The lowest BCUT2D eigenvalue weighted by atomic mass is 9.94. The van der Waals surface area contributed by atoms with E-state index >= 15 is 0 Å². The molecule has 0 radical (unpaired) electrons. The second-order valence-electron chi connectivity index (χ2n) is 3.60. The maximum Gasteiger partial charge on any atom is 0.174 e. The Labute approximate surface area is 77.3 Å². The zero-order chi connectivity index (χ0) is 9.64. The summed E-state index contributed by atoms with van der Waals surface area (Å²) in [6.07, 6.45) is 0. The zero-order valence-electron chi connectivity index (χ0n) is 7.82. The van der Waals surface area contributed by atoms with E-state index in [2.05, 4.69) is 11.9 Å². The number of alkyl halides is 1. The number of halogens is 1. The van der Waals surface area contributed by atoms with E-state index in [9.17, 15) is 4.39 Å². The number of anilines is 1. The summed E-state index contributed by atoms with van der Waals surface area (Å²) in [7, 11) is 0. The van der Waals surface area contributed by atoms with E-state index in [0.29, 0.717) is 5.70 Å². The highest BCUT2D eigenvalue weighted by molar-refractivity contribution is 5.68. The van der Waals surface area contributed by atoms with Crippen molar-refractivity contribution in [3.63, 3.8) is 0 Å². The molecule has 68 valence electrons. The molecule has 0 amide bonds. The molecule has 13 heavy (non-hydrogen) atoms. The van der Waals surface area contributed by atoms with Crippen LogP contribution < -0.4 is 5.32 Å². The highest BCUT2D eigenvalue weighted by atomic mass is 19.1. The smallest absolute Gasteiger partial charge is 0.174 e. The van der Waals surface area contributed by atoms with Crippen LogP contribution in [0.3, 0.4) is 0 Å². The lowest BCUT2D eigenvalue weighted by molar-refractivity contribution is 0.255. The Morgan fingerprint density at radius 1 is 1.46 bits per heavy atom. The number of aryl methyl sites for hydroxylation is 1. The van der Waals surface area contributed by atoms with Crippen molar-refractivity contribution in [2.24, 2.45) is 0 Å².